The van der Waals surface area contributed by atoms with E-state index < -0.39 is 4.92 Å². The number of halogens is 1. The quantitative estimate of drug-likeness (QED) is 0.456. The minimum Gasteiger partial charge on any atom is -0.450 e. The Balaban J connectivity index is 2.29. The van der Waals surface area contributed by atoms with E-state index in [1.54, 1.807) is 24.3 Å². The molecule has 0 aromatic heterocycles. The molecular weight excluding hydrogens is 278 g/mol. The topological polar surface area (TPSA) is 52.4 Å². The highest BCUT2D eigenvalue weighted by molar-refractivity contribution is 6.17. The minimum atomic E-state index is -0.429. The van der Waals surface area contributed by atoms with Gasteiger partial charge in [0, 0.05) is 11.9 Å². The lowest BCUT2D eigenvalue weighted by Gasteiger charge is -2.08. The van der Waals surface area contributed by atoms with Gasteiger partial charge in [-0.1, -0.05) is 25.1 Å². The van der Waals surface area contributed by atoms with E-state index >= 15 is 0 Å². The summed E-state index contributed by atoms with van der Waals surface area (Å²) in [5, 5.41) is 11.1. The number of aryl methyl sites for hydroxylation is 1. The summed E-state index contributed by atoms with van der Waals surface area (Å²) >= 11 is 5.71. The molecule has 20 heavy (non-hydrogen) atoms. The maximum absolute atomic E-state index is 11.1. The van der Waals surface area contributed by atoms with Crippen molar-refractivity contribution in [1.82, 2.24) is 0 Å². The van der Waals surface area contributed by atoms with E-state index in [2.05, 4.69) is 0 Å². The van der Waals surface area contributed by atoms with Gasteiger partial charge in [-0.05, 0) is 35.7 Å². The third-order valence-corrected chi connectivity index (χ3v) is 3.24. The zero-order valence-electron chi connectivity index (χ0n) is 11.0. The number of rotatable bonds is 5. The van der Waals surface area contributed by atoms with Gasteiger partial charge in [0.15, 0.2) is 0 Å². The van der Waals surface area contributed by atoms with Gasteiger partial charge >= 0.3 is 5.69 Å². The first-order valence-corrected chi connectivity index (χ1v) is 6.77. The largest absolute Gasteiger partial charge is 0.450 e. The molecule has 0 saturated carbocycles. The summed E-state index contributed by atoms with van der Waals surface area (Å²) < 4.78 is 5.59. The lowest BCUT2D eigenvalue weighted by Crippen LogP contribution is -1.95. The second-order valence-corrected chi connectivity index (χ2v) is 4.56. The van der Waals surface area contributed by atoms with E-state index in [9.17, 15) is 10.1 Å². The third kappa shape index (κ3) is 3.27. The van der Waals surface area contributed by atoms with Crippen LogP contribution in [-0.4, -0.2) is 4.92 Å². The SMILES string of the molecule is CCc1ccc(Oc2ccc(CCl)cc2)c([N+](=O)[O-])c1. The molecule has 0 N–H and O–H groups in total. The maximum Gasteiger partial charge on any atom is 0.311 e. The van der Waals surface area contributed by atoms with Crippen molar-refractivity contribution >= 4 is 17.3 Å². The zero-order chi connectivity index (χ0) is 14.5. The normalized spacial score (nSPS) is 10.3. The Labute approximate surface area is 122 Å². The molecule has 0 bridgehead atoms. The summed E-state index contributed by atoms with van der Waals surface area (Å²) in [6.45, 7) is 1.95. The van der Waals surface area contributed by atoms with Crippen molar-refractivity contribution in [2.45, 2.75) is 19.2 Å². The molecule has 0 spiro atoms. The molecule has 0 saturated heterocycles. The van der Waals surface area contributed by atoms with Gasteiger partial charge in [0.2, 0.25) is 5.75 Å². The van der Waals surface area contributed by atoms with Crippen molar-refractivity contribution in [3.05, 3.63) is 63.7 Å². The fourth-order valence-corrected chi connectivity index (χ4v) is 1.96. The van der Waals surface area contributed by atoms with Crippen molar-refractivity contribution in [2.24, 2.45) is 0 Å². The molecule has 104 valence electrons. The van der Waals surface area contributed by atoms with Crippen LogP contribution in [-0.2, 0) is 12.3 Å². The number of hydrogen-bond acceptors (Lipinski definition) is 3. The van der Waals surface area contributed by atoms with Crippen molar-refractivity contribution in [1.29, 1.82) is 0 Å². The molecule has 0 aliphatic rings. The van der Waals surface area contributed by atoms with Crippen LogP contribution in [0.15, 0.2) is 42.5 Å². The summed E-state index contributed by atoms with van der Waals surface area (Å²) in [5.74, 6) is 1.21. The molecule has 0 amide bonds. The minimum absolute atomic E-state index is 0.0224. The second kappa shape index (κ2) is 6.39. The molecule has 2 rings (SSSR count). The molecule has 0 heterocycles. The van der Waals surface area contributed by atoms with E-state index in [0.29, 0.717) is 11.6 Å². The molecule has 2 aromatic carbocycles. The lowest BCUT2D eigenvalue weighted by molar-refractivity contribution is -0.385. The van der Waals surface area contributed by atoms with E-state index in [-0.39, 0.29) is 11.4 Å². The fraction of sp³-hybridized carbons (Fsp3) is 0.200. The van der Waals surface area contributed by atoms with Crippen LogP contribution in [0.25, 0.3) is 0 Å². The van der Waals surface area contributed by atoms with Gasteiger partial charge in [-0.25, -0.2) is 0 Å². The lowest BCUT2D eigenvalue weighted by atomic mass is 10.1. The zero-order valence-corrected chi connectivity index (χ0v) is 11.8. The number of benzene rings is 2. The standard InChI is InChI=1S/C15H14ClNO3/c1-2-11-5-8-15(14(9-11)17(18)19)20-13-6-3-12(10-16)4-7-13/h3-9H,2,10H2,1H3. The van der Waals surface area contributed by atoms with Gasteiger partial charge in [0.25, 0.3) is 0 Å². The molecule has 0 atom stereocenters. The molecule has 0 radical (unpaired) electrons. The van der Waals surface area contributed by atoms with E-state index in [4.69, 9.17) is 16.3 Å². The Morgan fingerprint density at radius 2 is 1.80 bits per heavy atom. The van der Waals surface area contributed by atoms with Gasteiger partial charge in [0.05, 0.1) is 4.92 Å². The molecule has 2 aromatic rings. The van der Waals surface area contributed by atoms with Crippen molar-refractivity contribution < 1.29 is 9.66 Å². The Kier molecular flexibility index (Phi) is 4.58. The molecule has 5 heteroatoms. The predicted octanol–water partition coefficient (Wildman–Crippen LogP) is 4.69. The Morgan fingerprint density at radius 1 is 1.15 bits per heavy atom. The van der Waals surface area contributed by atoms with Crippen LogP contribution >= 0.6 is 11.6 Å². The number of nitro benzene ring substituents is 1. The van der Waals surface area contributed by atoms with E-state index in [0.717, 1.165) is 17.5 Å². The molecule has 0 fully saturated rings. The number of nitrogens with zero attached hydrogens (tertiary/aromatic N) is 1. The van der Waals surface area contributed by atoms with Crippen LogP contribution < -0.4 is 4.74 Å². The van der Waals surface area contributed by atoms with Crippen molar-refractivity contribution in [3.8, 4) is 11.5 Å². The van der Waals surface area contributed by atoms with Crippen LogP contribution in [0.5, 0.6) is 11.5 Å². The molecule has 4 nitrogen and oxygen atoms in total. The Morgan fingerprint density at radius 3 is 2.35 bits per heavy atom. The summed E-state index contributed by atoms with van der Waals surface area (Å²) in [7, 11) is 0. The van der Waals surface area contributed by atoms with Gasteiger partial charge in [-0.3, -0.25) is 10.1 Å². The highest BCUT2D eigenvalue weighted by atomic mass is 35.5. The van der Waals surface area contributed by atoms with E-state index in [1.807, 2.05) is 25.1 Å². The van der Waals surface area contributed by atoms with Crippen LogP contribution in [0.1, 0.15) is 18.1 Å². The second-order valence-electron chi connectivity index (χ2n) is 4.29. The summed E-state index contributed by atoms with van der Waals surface area (Å²) in [5.41, 5.74) is 1.85. The van der Waals surface area contributed by atoms with Gasteiger partial charge in [0.1, 0.15) is 5.75 Å². The first kappa shape index (κ1) is 14.3. The Bertz CT molecular complexity index is 611. The van der Waals surface area contributed by atoms with Gasteiger partial charge < -0.3 is 4.74 Å². The van der Waals surface area contributed by atoms with Crippen LogP contribution in [0.2, 0.25) is 0 Å². The summed E-state index contributed by atoms with van der Waals surface area (Å²) in [6.07, 6.45) is 0.742. The number of nitro groups is 1. The smallest absolute Gasteiger partial charge is 0.311 e. The number of ether oxygens (including phenoxy) is 1. The summed E-state index contributed by atoms with van der Waals surface area (Å²) in [4.78, 5) is 10.7. The van der Waals surface area contributed by atoms with Gasteiger partial charge in [-0.2, -0.15) is 0 Å². The third-order valence-electron chi connectivity index (χ3n) is 2.93. The van der Waals surface area contributed by atoms with Crippen LogP contribution in [0.4, 0.5) is 5.69 Å². The van der Waals surface area contributed by atoms with Crippen LogP contribution in [0.3, 0.4) is 0 Å². The van der Waals surface area contributed by atoms with Crippen molar-refractivity contribution in [2.75, 3.05) is 0 Å². The van der Waals surface area contributed by atoms with Crippen molar-refractivity contribution in [3.63, 3.8) is 0 Å². The maximum atomic E-state index is 11.1. The Hall–Kier alpha value is -2.07. The highest BCUT2D eigenvalue weighted by Gasteiger charge is 2.16. The monoisotopic (exact) mass is 291 g/mol. The first-order chi connectivity index (χ1) is 9.63. The molecule has 0 aliphatic carbocycles. The van der Waals surface area contributed by atoms with Gasteiger partial charge in [-0.15, -0.1) is 11.6 Å². The molecule has 0 unspecified atom stereocenters. The van der Waals surface area contributed by atoms with Crippen LogP contribution in [0, 0.1) is 10.1 Å². The molecular formula is C15H14ClNO3. The highest BCUT2D eigenvalue weighted by Crippen LogP contribution is 2.32. The molecule has 0 aliphatic heterocycles. The average molecular weight is 292 g/mol. The van der Waals surface area contributed by atoms with E-state index in [1.165, 1.54) is 0 Å². The first-order valence-electron chi connectivity index (χ1n) is 6.24. The summed E-state index contributed by atoms with van der Waals surface area (Å²) in [6, 6.07) is 12.2. The predicted molar refractivity (Wildman–Crippen MR) is 78.5 cm³/mol. The average Bonchev–Trinajstić information content (AvgIpc) is 2.48. The fourth-order valence-electron chi connectivity index (χ4n) is 1.79. The number of hydrogen-bond donors (Lipinski definition) is 0. The number of alkyl halides is 1.